The fraction of sp³-hybridized carbons (Fsp3) is 0.455. The third-order valence-electron chi connectivity index (χ3n) is 2.79. The second kappa shape index (κ2) is 5.44. The molecule has 1 aromatic rings. The number of likely N-dealkylation sites (tertiary alicyclic amines) is 1. The number of hydrogen-bond donors (Lipinski definition) is 1. The zero-order valence-corrected chi connectivity index (χ0v) is 10.00. The number of amides is 2. The first kappa shape index (κ1) is 12.3. The van der Waals surface area contributed by atoms with E-state index in [1.807, 2.05) is 0 Å². The van der Waals surface area contributed by atoms with Crippen molar-refractivity contribution in [1.82, 2.24) is 14.9 Å². The Morgan fingerprint density at radius 1 is 1.50 bits per heavy atom. The molecule has 1 aliphatic rings. The number of nitrogens with zero attached hydrogens (tertiary/aromatic N) is 3. The molecule has 0 aromatic carbocycles. The molecule has 18 heavy (non-hydrogen) atoms. The normalized spacial score (nSPS) is 18.5. The fourth-order valence-corrected chi connectivity index (χ4v) is 1.94. The molecule has 1 aromatic heterocycles. The molecule has 0 saturated carbocycles. The maximum Gasteiger partial charge on any atom is 0.328 e. The Morgan fingerprint density at radius 3 is 3.00 bits per heavy atom. The number of carbonyl (C=O) groups excluding carboxylic acids is 2. The minimum Gasteiger partial charge on any atom is -0.467 e. The summed E-state index contributed by atoms with van der Waals surface area (Å²) < 4.78 is 4.68. The van der Waals surface area contributed by atoms with Gasteiger partial charge in [0.1, 0.15) is 6.04 Å². The Balaban J connectivity index is 2.02. The quantitative estimate of drug-likeness (QED) is 0.779. The van der Waals surface area contributed by atoms with Crippen molar-refractivity contribution in [3.05, 3.63) is 18.6 Å². The molecule has 96 valence electrons. The third-order valence-corrected chi connectivity index (χ3v) is 2.79. The van der Waals surface area contributed by atoms with E-state index < -0.39 is 6.04 Å². The lowest BCUT2D eigenvalue weighted by Crippen LogP contribution is -2.43. The van der Waals surface area contributed by atoms with Gasteiger partial charge in [0.25, 0.3) is 0 Å². The second-order valence-corrected chi connectivity index (χ2v) is 3.90. The molecule has 7 heteroatoms. The van der Waals surface area contributed by atoms with Gasteiger partial charge in [0.15, 0.2) is 5.82 Å². The van der Waals surface area contributed by atoms with Crippen LogP contribution in [0.3, 0.4) is 0 Å². The van der Waals surface area contributed by atoms with E-state index in [1.54, 1.807) is 0 Å². The predicted molar refractivity (Wildman–Crippen MR) is 62.8 cm³/mol. The van der Waals surface area contributed by atoms with E-state index in [9.17, 15) is 9.59 Å². The van der Waals surface area contributed by atoms with Crippen molar-refractivity contribution in [3.63, 3.8) is 0 Å². The number of anilines is 1. The largest absolute Gasteiger partial charge is 0.467 e. The fourth-order valence-electron chi connectivity index (χ4n) is 1.94. The van der Waals surface area contributed by atoms with Crippen LogP contribution in [0.2, 0.25) is 0 Å². The molecule has 1 atom stereocenters. The highest BCUT2D eigenvalue weighted by Gasteiger charge is 2.34. The molecule has 0 radical (unpaired) electrons. The Hall–Kier alpha value is -2.18. The lowest BCUT2D eigenvalue weighted by atomic mass is 10.2. The summed E-state index contributed by atoms with van der Waals surface area (Å²) in [5, 5.41) is 2.60. The molecule has 1 N–H and O–H groups in total. The van der Waals surface area contributed by atoms with Crippen LogP contribution in [0, 0.1) is 0 Å². The van der Waals surface area contributed by atoms with Crippen LogP contribution in [0.1, 0.15) is 12.8 Å². The number of aromatic nitrogens is 2. The van der Waals surface area contributed by atoms with Gasteiger partial charge < -0.3 is 9.64 Å². The molecule has 1 fully saturated rings. The monoisotopic (exact) mass is 250 g/mol. The molecule has 7 nitrogen and oxygen atoms in total. The van der Waals surface area contributed by atoms with Crippen molar-refractivity contribution < 1.29 is 14.3 Å². The first-order valence-electron chi connectivity index (χ1n) is 5.64. The SMILES string of the molecule is COC(=O)C1CCCN1C(=O)Nc1cnccn1. The number of methoxy groups -OCH3 is 1. The average Bonchev–Trinajstić information content (AvgIpc) is 2.88. The third kappa shape index (κ3) is 2.55. The standard InChI is InChI=1S/C11H14N4O3/c1-18-10(16)8-3-2-6-15(8)11(17)14-9-7-12-4-5-13-9/h4-5,7-8H,2-3,6H2,1H3,(H,13,14,17). The van der Waals surface area contributed by atoms with Crippen LogP contribution < -0.4 is 5.32 Å². The minimum absolute atomic E-state index is 0.358. The summed E-state index contributed by atoms with van der Waals surface area (Å²) in [7, 11) is 1.32. The zero-order valence-electron chi connectivity index (χ0n) is 10.00. The Kier molecular flexibility index (Phi) is 3.71. The smallest absolute Gasteiger partial charge is 0.328 e. The van der Waals surface area contributed by atoms with Gasteiger partial charge in [0.05, 0.1) is 13.3 Å². The van der Waals surface area contributed by atoms with Gasteiger partial charge in [0, 0.05) is 18.9 Å². The molecule has 0 aliphatic carbocycles. The van der Waals surface area contributed by atoms with Crippen molar-refractivity contribution >= 4 is 17.8 Å². The van der Waals surface area contributed by atoms with Crippen LogP contribution in [0.5, 0.6) is 0 Å². The maximum atomic E-state index is 12.0. The van der Waals surface area contributed by atoms with Crippen LogP contribution in [-0.4, -0.2) is 46.6 Å². The van der Waals surface area contributed by atoms with E-state index in [0.29, 0.717) is 18.8 Å². The first-order chi connectivity index (χ1) is 8.72. The van der Waals surface area contributed by atoms with Gasteiger partial charge in [-0.1, -0.05) is 0 Å². The molecular formula is C11H14N4O3. The summed E-state index contributed by atoms with van der Waals surface area (Å²) >= 11 is 0. The predicted octanol–water partition coefficient (Wildman–Crippen LogP) is 0.646. The Labute approximate surface area is 104 Å². The molecule has 0 bridgehead atoms. The zero-order chi connectivity index (χ0) is 13.0. The van der Waals surface area contributed by atoms with E-state index in [-0.39, 0.29) is 12.0 Å². The Morgan fingerprint density at radius 2 is 2.33 bits per heavy atom. The van der Waals surface area contributed by atoms with Crippen molar-refractivity contribution in [1.29, 1.82) is 0 Å². The molecule has 2 amide bonds. The maximum absolute atomic E-state index is 12.0. The van der Waals surface area contributed by atoms with Crippen molar-refractivity contribution in [3.8, 4) is 0 Å². The van der Waals surface area contributed by atoms with Gasteiger partial charge in [-0.2, -0.15) is 0 Å². The Bertz CT molecular complexity index is 437. The summed E-state index contributed by atoms with van der Waals surface area (Å²) in [4.78, 5) is 32.7. The van der Waals surface area contributed by atoms with Crippen LogP contribution in [-0.2, 0) is 9.53 Å². The van der Waals surface area contributed by atoms with E-state index >= 15 is 0 Å². The molecule has 0 spiro atoms. The van der Waals surface area contributed by atoms with Crippen LogP contribution in [0.4, 0.5) is 10.6 Å². The highest BCUT2D eigenvalue weighted by Crippen LogP contribution is 2.19. The number of esters is 1. The number of urea groups is 1. The van der Waals surface area contributed by atoms with Gasteiger partial charge in [-0.15, -0.1) is 0 Å². The van der Waals surface area contributed by atoms with Crippen LogP contribution in [0.15, 0.2) is 18.6 Å². The number of carbonyl (C=O) groups is 2. The highest BCUT2D eigenvalue weighted by atomic mass is 16.5. The molecule has 2 heterocycles. The van der Waals surface area contributed by atoms with Crippen LogP contribution in [0.25, 0.3) is 0 Å². The van der Waals surface area contributed by atoms with Crippen LogP contribution >= 0.6 is 0 Å². The number of rotatable bonds is 2. The van der Waals surface area contributed by atoms with Crippen molar-refractivity contribution in [2.24, 2.45) is 0 Å². The van der Waals surface area contributed by atoms with Crippen molar-refractivity contribution in [2.75, 3.05) is 19.0 Å². The molecule has 1 saturated heterocycles. The summed E-state index contributed by atoms with van der Waals surface area (Å²) in [5.74, 6) is -0.0280. The van der Waals surface area contributed by atoms with Crippen molar-refractivity contribution in [2.45, 2.75) is 18.9 Å². The highest BCUT2D eigenvalue weighted by molar-refractivity contribution is 5.92. The summed E-state index contributed by atoms with van der Waals surface area (Å²) in [5.41, 5.74) is 0. The molecule has 1 aliphatic heterocycles. The molecule has 1 unspecified atom stereocenters. The second-order valence-electron chi connectivity index (χ2n) is 3.90. The molecule has 2 rings (SSSR count). The summed E-state index contributed by atoms with van der Waals surface area (Å²) in [6.45, 7) is 0.534. The van der Waals surface area contributed by atoms with E-state index in [1.165, 1.54) is 30.6 Å². The van der Waals surface area contributed by atoms with E-state index in [0.717, 1.165) is 6.42 Å². The lowest BCUT2D eigenvalue weighted by Gasteiger charge is -2.22. The van der Waals surface area contributed by atoms with Gasteiger partial charge in [-0.3, -0.25) is 10.3 Å². The lowest BCUT2D eigenvalue weighted by molar-refractivity contribution is -0.144. The average molecular weight is 250 g/mol. The van der Waals surface area contributed by atoms with E-state index in [4.69, 9.17) is 0 Å². The van der Waals surface area contributed by atoms with Gasteiger partial charge >= 0.3 is 12.0 Å². The number of hydrogen-bond acceptors (Lipinski definition) is 5. The van der Waals surface area contributed by atoms with Gasteiger partial charge in [0.2, 0.25) is 0 Å². The first-order valence-corrected chi connectivity index (χ1v) is 5.64. The summed E-state index contributed by atoms with van der Waals surface area (Å²) in [6.07, 6.45) is 5.86. The minimum atomic E-state index is -0.508. The number of ether oxygens (including phenoxy) is 1. The van der Waals surface area contributed by atoms with Gasteiger partial charge in [-0.05, 0) is 12.8 Å². The topological polar surface area (TPSA) is 84.4 Å². The van der Waals surface area contributed by atoms with Gasteiger partial charge in [-0.25, -0.2) is 14.6 Å². The summed E-state index contributed by atoms with van der Waals surface area (Å²) in [6, 6.07) is -0.866. The van der Waals surface area contributed by atoms with E-state index in [2.05, 4.69) is 20.0 Å². The number of nitrogens with one attached hydrogen (secondary N) is 1. The molecular weight excluding hydrogens is 236 g/mol.